The van der Waals surface area contributed by atoms with Crippen LogP contribution >= 0.6 is 24.0 Å². The van der Waals surface area contributed by atoms with Crippen molar-refractivity contribution in [2.75, 3.05) is 54.5 Å². The third kappa shape index (κ3) is 5.90. The summed E-state index contributed by atoms with van der Waals surface area (Å²) in [6.07, 6.45) is 3.92. The Morgan fingerprint density at radius 2 is 2.00 bits per heavy atom. The molecule has 2 rings (SSSR count). The van der Waals surface area contributed by atoms with Gasteiger partial charge >= 0.3 is 0 Å². The van der Waals surface area contributed by atoms with Gasteiger partial charge in [-0.3, -0.25) is 4.99 Å². The molecule has 124 valence electrons. The molecular formula is C15H31IN4O. The van der Waals surface area contributed by atoms with Crippen LogP contribution in [0.4, 0.5) is 0 Å². The molecule has 0 spiro atoms. The van der Waals surface area contributed by atoms with Gasteiger partial charge in [0.1, 0.15) is 0 Å². The van der Waals surface area contributed by atoms with E-state index in [4.69, 9.17) is 4.74 Å². The lowest BCUT2D eigenvalue weighted by molar-refractivity contribution is 0.181. The van der Waals surface area contributed by atoms with E-state index in [0.717, 1.165) is 38.2 Å². The first-order valence-corrected chi connectivity index (χ1v) is 7.77. The van der Waals surface area contributed by atoms with Gasteiger partial charge in [-0.25, -0.2) is 0 Å². The van der Waals surface area contributed by atoms with Crippen LogP contribution in [0.5, 0.6) is 0 Å². The fourth-order valence-corrected chi connectivity index (χ4v) is 3.03. The van der Waals surface area contributed by atoms with Gasteiger partial charge in [0.15, 0.2) is 5.96 Å². The van der Waals surface area contributed by atoms with E-state index in [1.807, 2.05) is 7.05 Å². The molecule has 2 atom stereocenters. The molecule has 0 amide bonds. The van der Waals surface area contributed by atoms with Crippen molar-refractivity contribution in [2.45, 2.75) is 25.3 Å². The summed E-state index contributed by atoms with van der Waals surface area (Å²) in [6.45, 7) is 3.81. The molecule has 21 heavy (non-hydrogen) atoms. The van der Waals surface area contributed by atoms with Gasteiger partial charge in [0.2, 0.25) is 0 Å². The highest BCUT2D eigenvalue weighted by atomic mass is 127. The van der Waals surface area contributed by atoms with E-state index in [1.54, 1.807) is 0 Å². The summed E-state index contributed by atoms with van der Waals surface area (Å²) in [4.78, 5) is 8.98. The lowest BCUT2D eigenvalue weighted by atomic mass is 10.1. The minimum absolute atomic E-state index is 0. The highest BCUT2D eigenvalue weighted by molar-refractivity contribution is 14.0. The molecule has 1 aliphatic carbocycles. The largest absolute Gasteiger partial charge is 0.381 e. The van der Waals surface area contributed by atoms with Crippen LogP contribution in [-0.2, 0) is 4.74 Å². The summed E-state index contributed by atoms with van der Waals surface area (Å²) in [5.41, 5.74) is 0. The van der Waals surface area contributed by atoms with Crippen LogP contribution in [0.25, 0.3) is 0 Å². The Morgan fingerprint density at radius 3 is 2.48 bits per heavy atom. The van der Waals surface area contributed by atoms with Gasteiger partial charge < -0.3 is 19.9 Å². The Kier molecular flexibility index (Phi) is 8.26. The van der Waals surface area contributed by atoms with Crippen LogP contribution in [0.3, 0.4) is 0 Å². The van der Waals surface area contributed by atoms with Gasteiger partial charge in [-0.15, -0.1) is 24.0 Å². The average Bonchev–Trinajstić information content (AvgIpc) is 3.11. The number of rotatable bonds is 6. The summed E-state index contributed by atoms with van der Waals surface area (Å²) < 4.78 is 5.45. The number of aliphatic imine (C=N–C) groups is 1. The number of guanidine groups is 1. The SMILES string of the molecule is CN=C(NCC(C1CC1)N(C)C)N(C)CC1CCOC1.I. The third-order valence-electron chi connectivity index (χ3n) is 4.43. The van der Waals surface area contributed by atoms with Crippen LogP contribution in [0, 0.1) is 11.8 Å². The Balaban J connectivity index is 0.00000220. The molecule has 0 aromatic heterocycles. The van der Waals surface area contributed by atoms with Gasteiger partial charge in [-0.2, -0.15) is 0 Å². The predicted molar refractivity (Wildman–Crippen MR) is 98.5 cm³/mol. The van der Waals surface area contributed by atoms with E-state index in [9.17, 15) is 0 Å². The Labute approximate surface area is 146 Å². The summed E-state index contributed by atoms with van der Waals surface area (Å²) in [6, 6.07) is 0.620. The fourth-order valence-electron chi connectivity index (χ4n) is 3.03. The Bertz CT molecular complexity index is 326. The van der Waals surface area contributed by atoms with Crippen LogP contribution in [-0.4, -0.2) is 76.3 Å². The molecule has 1 saturated heterocycles. The predicted octanol–water partition coefficient (Wildman–Crippen LogP) is 1.49. The van der Waals surface area contributed by atoms with Gasteiger partial charge in [-0.1, -0.05) is 0 Å². The number of hydrogen-bond donors (Lipinski definition) is 1. The smallest absolute Gasteiger partial charge is 0.193 e. The van der Waals surface area contributed by atoms with E-state index >= 15 is 0 Å². The van der Waals surface area contributed by atoms with E-state index in [0.29, 0.717) is 12.0 Å². The van der Waals surface area contributed by atoms with Crippen LogP contribution < -0.4 is 5.32 Å². The molecule has 1 saturated carbocycles. The van der Waals surface area contributed by atoms with Crippen molar-refractivity contribution in [2.24, 2.45) is 16.8 Å². The maximum absolute atomic E-state index is 5.45. The second-order valence-electron chi connectivity index (χ2n) is 6.41. The normalized spacial score (nSPS) is 23.9. The minimum atomic E-state index is 0. The van der Waals surface area contributed by atoms with Crippen LogP contribution in [0.1, 0.15) is 19.3 Å². The molecule has 0 radical (unpaired) electrons. The lowest BCUT2D eigenvalue weighted by Crippen LogP contribution is -2.47. The average molecular weight is 410 g/mol. The molecule has 2 aliphatic rings. The first kappa shape index (κ1) is 19.0. The van der Waals surface area contributed by atoms with E-state index < -0.39 is 0 Å². The minimum Gasteiger partial charge on any atom is -0.381 e. The zero-order valence-electron chi connectivity index (χ0n) is 13.8. The lowest BCUT2D eigenvalue weighted by Gasteiger charge is -2.29. The van der Waals surface area contributed by atoms with E-state index in [1.165, 1.54) is 19.3 Å². The van der Waals surface area contributed by atoms with Crippen molar-refractivity contribution >= 4 is 29.9 Å². The molecule has 1 aliphatic heterocycles. The molecule has 5 nitrogen and oxygen atoms in total. The molecule has 0 aromatic carbocycles. The molecule has 2 fully saturated rings. The monoisotopic (exact) mass is 410 g/mol. The maximum Gasteiger partial charge on any atom is 0.193 e. The quantitative estimate of drug-likeness (QED) is 0.409. The van der Waals surface area contributed by atoms with Gasteiger partial charge in [0.25, 0.3) is 0 Å². The standard InChI is InChI=1S/C15H30N4O.HI/c1-16-15(19(4)10-12-7-8-20-11-12)17-9-14(18(2)3)13-5-6-13;/h12-14H,5-11H2,1-4H3,(H,16,17);1H. The number of nitrogens with zero attached hydrogens (tertiary/aromatic N) is 3. The van der Waals surface area contributed by atoms with E-state index in [-0.39, 0.29) is 24.0 Å². The zero-order valence-corrected chi connectivity index (χ0v) is 16.2. The van der Waals surface area contributed by atoms with E-state index in [2.05, 4.69) is 41.3 Å². The molecule has 1 N–H and O–H groups in total. The van der Waals surface area contributed by atoms with Crippen molar-refractivity contribution in [3.8, 4) is 0 Å². The van der Waals surface area contributed by atoms with Crippen LogP contribution in [0.15, 0.2) is 4.99 Å². The Hall–Kier alpha value is -0.0800. The first-order chi connectivity index (χ1) is 9.61. The molecule has 1 heterocycles. The van der Waals surface area contributed by atoms with Crippen molar-refractivity contribution < 1.29 is 4.74 Å². The Morgan fingerprint density at radius 1 is 1.29 bits per heavy atom. The summed E-state index contributed by atoms with van der Waals surface area (Å²) >= 11 is 0. The van der Waals surface area contributed by atoms with Crippen LogP contribution in [0.2, 0.25) is 0 Å². The molecule has 0 bridgehead atoms. The van der Waals surface area contributed by atoms with Gasteiger partial charge in [0, 0.05) is 45.8 Å². The number of halogens is 1. The first-order valence-electron chi connectivity index (χ1n) is 7.77. The molecule has 2 unspecified atom stereocenters. The second kappa shape index (κ2) is 9.15. The van der Waals surface area contributed by atoms with Gasteiger partial charge in [0.05, 0.1) is 6.61 Å². The molecule has 0 aromatic rings. The summed E-state index contributed by atoms with van der Waals surface area (Å²) in [5, 5.41) is 3.54. The number of ether oxygens (including phenoxy) is 1. The number of likely N-dealkylation sites (N-methyl/N-ethyl adjacent to an activating group) is 1. The summed E-state index contributed by atoms with van der Waals surface area (Å²) in [5.74, 6) is 2.51. The maximum atomic E-state index is 5.45. The fraction of sp³-hybridized carbons (Fsp3) is 0.933. The zero-order chi connectivity index (χ0) is 14.5. The van der Waals surface area contributed by atoms with Gasteiger partial charge in [-0.05, 0) is 39.3 Å². The highest BCUT2D eigenvalue weighted by Gasteiger charge is 2.32. The third-order valence-corrected chi connectivity index (χ3v) is 4.43. The molecule has 6 heteroatoms. The summed E-state index contributed by atoms with van der Waals surface area (Å²) in [7, 11) is 8.33. The molecular weight excluding hydrogens is 379 g/mol. The highest BCUT2D eigenvalue weighted by Crippen LogP contribution is 2.34. The topological polar surface area (TPSA) is 40.1 Å². The second-order valence-corrected chi connectivity index (χ2v) is 6.41. The van der Waals surface area contributed by atoms with Crippen molar-refractivity contribution in [1.29, 1.82) is 0 Å². The van der Waals surface area contributed by atoms with Crippen molar-refractivity contribution in [3.05, 3.63) is 0 Å². The number of nitrogens with one attached hydrogen (secondary N) is 1. The van der Waals surface area contributed by atoms with Crippen molar-refractivity contribution in [3.63, 3.8) is 0 Å². The van der Waals surface area contributed by atoms with Crippen molar-refractivity contribution in [1.82, 2.24) is 15.1 Å². The number of hydrogen-bond acceptors (Lipinski definition) is 3.